The summed E-state index contributed by atoms with van der Waals surface area (Å²) in [7, 11) is 1.44. The summed E-state index contributed by atoms with van der Waals surface area (Å²) in [6.45, 7) is 8.04. The SMILES string of the molecule is COc1ccc([C@H](NC(=O)[C@@H](N)CCC(=O)OC(C)(C)C)C(=O)C[C@@H](C(C)C)[C@H](O)C(F)(F)F)cc1. The average Bonchev–Trinajstić information content (AvgIpc) is 2.76. The molecule has 8 nitrogen and oxygen atoms in total. The fourth-order valence-electron chi connectivity index (χ4n) is 3.50. The maximum atomic E-state index is 13.2. The number of benzene rings is 1. The van der Waals surface area contributed by atoms with Crippen LogP contribution in [0.5, 0.6) is 5.75 Å². The first-order chi connectivity index (χ1) is 16.5. The number of carbonyl (C=O) groups is 3. The Bertz CT molecular complexity index is 881. The zero-order valence-corrected chi connectivity index (χ0v) is 21.5. The number of amides is 1. The minimum absolute atomic E-state index is 0.0638. The van der Waals surface area contributed by atoms with Gasteiger partial charge in [0.2, 0.25) is 5.91 Å². The molecule has 0 bridgehead atoms. The van der Waals surface area contributed by atoms with Gasteiger partial charge in [0.25, 0.3) is 0 Å². The molecule has 0 aliphatic rings. The highest BCUT2D eigenvalue weighted by Crippen LogP contribution is 2.33. The number of aliphatic hydroxyl groups is 1. The third-order valence-corrected chi connectivity index (χ3v) is 5.51. The Hall–Kier alpha value is -2.66. The first kappa shape index (κ1) is 31.4. The highest BCUT2D eigenvalue weighted by atomic mass is 19.4. The molecule has 0 unspecified atom stereocenters. The van der Waals surface area contributed by atoms with E-state index in [2.05, 4.69) is 5.32 Å². The van der Waals surface area contributed by atoms with Crippen LogP contribution in [0.4, 0.5) is 13.2 Å². The van der Waals surface area contributed by atoms with Crippen molar-refractivity contribution in [3.05, 3.63) is 29.8 Å². The van der Waals surface area contributed by atoms with E-state index < -0.39 is 65.9 Å². The second-order valence-electron chi connectivity index (χ2n) is 10.0. The van der Waals surface area contributed by atoms with Crippen LogP contribution in [0.3, 0.4) is 0 Å². The predicted octanol–water partition coefficient (Wildman–Crippen LogP) is 3.46. The summed E-state index contributed by atoms with van der Waals surface area (Å²) in [5.41, 5.74) is 5.51. The number of hydrogen-bond acceptors (Lipinski definition) is 7. The highest BCUT2D eigenvalue weighted by molar-refractivity contribution is 5.92. The molecule has 0 radical (unpaired) electrons. The topological polar surface area (TPSA) is 128 Å². The van der Waals surface area contributed by atoms with Gasteiger partial charge in [0.1, 0.15) is 17.4 Å². The molecule has 11 heteroatoms. The molecule has 4 N–H and O–H groups in total. The van der Waals surface area contributed by atoms with E-state index in [9.17, 15) is 32.7 Å². The molecule has 0 fully saturated rings. The second-order valence-corrected chi connectivity index (χ2v) is 10.0. The smallest absolute Gasteiger partial charge is 0.414 e. The molecule has 1 amide bonds. The zero-order chi connectivity index (χ0) is 27.8. The van der Waals surface area contributed by atoms with E-state index in [4.69, 9.17) is 15.2 Å². The quantitative estimate of drug-likeness (QED) is 0.362. The number of esters is 1. The van der Waals surface area contributed by atoms with Crippen LogP contribution < -0.4 is 15.8 Å². The Morgan fingerprint density at radius 3 is 2.08 bits per heavy atom. The molecule has 0 saturated heterocycles. The Morgan fingerprint density at radius 1 is 1.08 bits per heavy atom. The molecule has 36 heavy (non-hydrogen) atoms. The summed E-state index contributed by atoms with van der Waals surface area (Å²) in [5, 5.41) is 12.3. The lowest BCUT2D eigenvalue weighted by atomic mass is 9.83. The maximum Gasteiger partial charge on any atom is 0.414 e. The van der Waals surface area contributed by atoms with E-state index in [0.717, 1.165) is 0 Å². The minimum Gasteiger partial charge on any atom is -0.497 e. The fraction of sp³-hybridized carbons (Fsp3) is 0.640. The van der Waals surface area contributed by atoms with Gasteiger partial charge in [-0.1, -0.05) is 26.0 Å². The molecule has 1 aromatic carbocycles. The number of halogens is 3. The number of rotatable bonds is 12. The maximum absolute atomic E-state index is 13.2. The molecular formula is C25H37F3N2O6. The van der Waals surface area contributed by atoms with Crippen LogP contribution in [0.25, 0.3) is 0 Å². The lowest BCUT2D eigenvalue weighted by Gasteiger charge is -2.29. The van der Waals surface area contributed by atoms with E-state index in [-0.39, 0.29) is 12.8 Å². The summed E-state index contributed by atoms with van der Waals surface area (Å²) in [6.07, 6.45) is -8.45. The van der Waals surface area contributed by atoms with Gasteiger partial charge in [-0.25, -0.2) is 0 Å². The normalized spacial score (nSPS) is 15.6. The Morgan fingerprint density at radius 2 is 1.64 bits per heavy atom. The van der Waals surface area contributed by atoms with Gasteiger partial charge in [0.05, 0.1) is 13.2 Å². The molecule has 0 aromatic heterocycles. The van der Waals surface area contributed by atoms with E-state index in [1.54, 1.807) is 20.8 Å². The number of carbonyl (C=O) groups excluding carboxylic acids is 3. The number of aliphatic hydroxyl groups excluding tert-OH is 1. The van der Waals surface area contributed by atoms with Crippen LogP contribution in [-0.4, -0.2) is 53.8 Å². The molecule has 0 saturated carbocycles. The molecule has 1 rings (SSSR count). The van der Waals surface area contributed by atoms with E-state index in [1.807, 2.05) is 0 Å². The van der Waals surface area contributed by atoms with E-state index in [0.29, 0.717) is 11.3 Å². The third kappa shape index (κ3) is 10.1. The van der Waals surface area contributed by atoms with Crippen molar-refractivity contribution in [2.75, 3.05) is 7.11 Å². The van der Waals surface area contributed by atoms with Crippen molar-refractivity contribution < 1.29 is 42.1 Å². The Balaban J connectivity index is 3.09. The van der Waals surface area contributed by atoms with Gasteiger partial charge >= 0.3 is 12.1 Å². The number of alkyl halides is 3. The first-order valence-corrected chi connectivity index (χ1v) is 11.7. The number of nitrogens with two attached hydrogens (primary N) is 1. The van der Waals surface area contributed by atoms with Gasteiger partial charge in [0, 0.05) is 18.8 Å². The van der Waals surface area contributed by atoms with Gasteiger partial charge in [-0.2, -0.15) is 13.2 Å². The van der Waals surface area contributed by atoms with Crippen molar-refractivity contribution in [1.82, 2.24) is 5.32 Å². The van der Waals surface area contributed by atoms with Gasteiger partial charge in [-0.05, 0) is 50.8 Å². The summed E-state index contributed by atoms with van der Waals surface area (Å²) in [5.74, 6) is -3.66. The molecular weight excluding hydrogens is 481 g/mol. The molecule has 0 spiro atoms. The zero-order valence-electron chi connectivity index (χ0n) is 21.5. The van der Waals surface area contributed by atoms with Gasteiger partial charge < -0.3 is 25.6 Å². The van der Waals surface area contributed by atoms with E-state index in [1.165, 1.54) is 45.2 Å². The Kier molecular flexibility index (Phi) is 11.4. The second kappa shape index (κ2) is 13.0. The van der Waals surface area contributed by atoms with Crippen LogP contribution >= 0.6 is 0 Å². The van der Waals surface area contributed by atoms with E-state index >= 15 is 0 Å². The fourth-order valence-corrected chi connectivity index (χ4v) is 3.50. The summed E-state index contributed by atoms with van der Waals surface area (Å²) >= 11 is 0. The number of Topliss-reactive ketones (excluding diaryl/α,β-unsaturated/α-hetero) is 1. The van der Waals surface area contributed by atoms with Crippen LogP contribution in [0, 0.1) is 11.8 Å². The van der Waals surface area contributed by atoms with Crippen LogP contribution in [-0.2, 0) is 19.1 Å². The predicted molar refractivity (Wildman–Crippen MR) is 127 cm³/mol. The Labute approximate surface area is 209 Å². The van der Waals surface area contributed by atoms with Crippen molar-refractivity contribution in [2.45, 2.75) is 83.8 Å². The number of ketones is 1. The molecule has 0 aliphatic carbocycles. The van der Waals surface area contributed by atoms with Crippen LogP contribution in [0.2, 0.25) is 0 Å². The van der Waals surface area contributed by atoms with Crippen molar-refractivity contribution in [2.24, 2.45) is 17.6 Å². The number of ether oxygens (including phenoxy) is 2. The van der Waals surface area contributed by atoms with Crippen molar-refractivity contribution in [3.8, 4) is 5.75 Å². The number of hydrogen-bond donors (Lipinski definition) is 3. The van der Waals surface area contributed by atoms with Gasteiger partial charge in [-0.3, -0.25) is 14.4 Å². The van der Waals surface area contributed by atoms with Gasteiger partial charge in [0.15, 0.2) is 11.9 Å². The van der Waals surface area contributed by atoms with Crippen LogP contribution in [0.1, 0.15) is 65.5 Å². The molecule has 4 atom stereocenters. The first-order valence-electron chi connectivity index (χ1n) is 11.7. The van der Waals surface area contributed by atoms with Crippen molar-refractivity contribution >= 4 is 17.7 Å². The molecule has 0 aliphatic heterocycles. The molecule has 0 heterocycles. The van der Waals surface area contributed by atoms with Gasteiger partial charge in [-0.15, -0.1) is 0 Å². The molecule has 204 valence electrons. The number of nitrogens with one attached hydrogen (secondary N) is 1. The number of methoxy groups -OCH3 is 1. The monoisotopic (exact) mass is 518 g/mol. The minimum atomic E-state index is -4.90. The van der Waals surface area contributed by atoms with Crippen molar-refractivity contribution in [1.29, 1.82) is 0 Å². The summed E-state index contributed by atoms with van der Waals surface area (Å²) in [6, 6.07) is 3.57. The standard InChI is InChI=1S/C25H37F3N2O6/c1-14(2)17(22(33)25(26,27)28)13-19(31)21(15-7-9-16(35-6)10-8-15)30-23(34)18(29)11-12-20(32)36-24(3,4)5/h7-10,14,17-18,21-22,33H,11-13,29H2,1-6H3,(H,30,34)/t17-,18-,21-,22-/m0/s1. The lowest BCUT2D eigenvalue weighted by Crippen LogP contribution is -2.46. The van der Waals surface area contributed by atoms with Crippen molar-refractivity contribution in [3.63, 3.8) is 0 Å². The van der Waals surface area contributed by atoms with Crippen LogP contribution in [0.15, 0.2) is 24.3 Å². The average molecular weight is 519 g/mol. The lowest BCUT2D eigenvalue weighted by molar-refractivity contribution is -0.224. The highest BCUT2D eigenvalue weighted by Gasteiger charge is 2.45. The largest absolute Gasteiger partial charge is 0.497 e. The third-order valence-electron chi connectivity index (χ3n) is 5.51. The summed E-state index contributed by atoms with van der Waals surface area (Å²) in [4.78, 5) is 37.9. The summed E-state index contributed by atoms with van der Waals surface area (Å²) < 4.78 is 49.8. The molecule has 1 aromatic rings.